The fraction of sp³-hybridized carbons (Fsp3) is 0. The zero-order valence-electron chi connectivity index (χ0n) is 5.91. The van der Waals surface area contributed by atoms with Crippen molar-refractivity contribution in [1.29, 1.82) is 0 Å². The monoisotopic (exact) mass is 188 g/mol. The molecule has 0 N–H and O–H groups in total. The second-order valence-corrected chi connectivity index (χ2v) is 4.74. The van der Waals surface area contributed by atoms with Crippen LogP contribution in [-0.4, -0.2) is 16.3 Å². The third-order valence-corrected chi connectivity index (χ3v) is 2.84. The summed E-state index contributed by atoms with van der Waals surface area (Å²) in [5.41, 5.74) is 0.669. The molecule has 1 rings (SSSR count). The van der Waals surface area contributed by atoms with Crippen molar-refractivity contribution in [2.45, 2.75) is 4.90 Å². The molecule has 0 aromatic heterocycles. The van der Waals surface area contributed by atoms with Gasteiger partial charge in [0.05, 0.1) is 4.90 Å². The van der Waals surface area contributed by atoms with Crippen LogP contribution in [0.15, 0.2) is 29.2 Å². The number of hydrogen-bond donors (Lipinski definition) is 0. The van der Waals surface area contributed by atoms with Gasteiger partial charge >= 0.3 is 0 Å². The average molecular weight is 188 g/mol. The summed E-state index contributed by atoms with van der Waals surface area (Å²) < 4.78 is 21.6. The van der Waals surface area contributed by atoms with Crippen LogP contribution in [0.3, 0.4) is 0 Å². The van der Waals surface area contributed by atoms with Gasteiger partial charge < -0.3 is 0 Å². The Morgan fingerprint density at radius 1 is 1.27 bits per heavy atom. The molecule has 58 valence electrons. The van der Waals surface area contributed by atoms with Crippen molar-refractivity contribution in [3.8, 4) is 0 Å². The molecule has 0 unspecified atom stereocenters. The van der Waals surface area contributed by atoms with Crippen LogP contribution in [0.4, 0.5) is 0 Å². The van der Waals surface area contributed by atoms with Crippen LogP contribution in [-0.2, 0) is 9.05 Å². The molecule has 0 aliphatic carbocycles. The molecule has 0 amide bonds. The highest BCUT2D eigenvalue weighted by Gasteiger charge is 2.10. The van der Waals surface area contributed by atoms with Gasteiger partial charge in [-0.25, -0.2) is 8.42 Å². The molecule has 0 atom stereocenters. The van der Waals surface area contributed by atoms with Crippen LogP contribution in [0, 0.1) is 0 Å². The lowest BCUT2D eigenvalue weighted by atomic mass is 9.97. The van der Waals surface area contributed by atoms with Crippen molar-refractivity contribution in [1.82, 2.24) is 0 Å². The Morgan fingerprint density at radius 3 is 2.18 bits per heavy atom. The molecule has 11 heavy (non-hydrogen) atoms. The molecule has 2 nitrogen and oxygen atoms in total. The summed E-state index contributed by atoms with van der Waals surface area (Å²) in [7, 11) is 3.28. The molecular formula is C6H6BClO2S. The molecule has 1 aromatic carbocycles. The van der Waals surface area contributed by atoms with Gasteiger partial charge in [-0.15, -0.1) is 0 Å². The van der Waals surface area contributed by atoms with Crippen LogP contribution in [0.2, 0.25) is 0 Å². The molecule has 5 heteroatoms. The van der Waals surface area contributed by atoms with E-state index in [1.54, 1.807) is 26.0 Å². The maximum atomic E-state index is 10.8. The minimum absolute atomic E-state index is 0.182. The molecule has 0 spiro atoms. The van der Waals surface area contributed by atoms with Crippen LogP contribution >= 0.6 is 10.7 Å². The van der Waals surface area contributed by atoms with Crippen molar-refractivity contribution in [3.63, 3.8) is 0 Å². The second kappa shape index (κ2) is 2.87. The van der Waals surface area contributed by atoms with Crippen molar-refractivity contribution in [2.75, 3.05) is 0 Å². The Balaban J connectivity index is 3.37. The van der Waals surface area contributed by atoms with Gasteiger partial charge in [0, 0.05) is 10.7 Å². The Bertz CT molecular complexity index is 361. The topological polar surface area (TPSA) is 34.1 Å². The summed E-state index contributed by atoms with van der Waals surface area (Å²) in [6, 6.07) is 6.59. The quantitative estimate of drug-likeness (QED) is 0.455. The first-order valence-electron chi connectivity index (χ1n) is 3.02. The highest BCUT2D eigenvalue weighted by molar-refractivity contribution is 8.13. The smallest absolute Gasteiger partial charge is 0.207 e. The van der Waals surface area contributed by atoms with E-state index in [0.29, 0.717) is 5.46 Å². The van der Waals surface area contributed by atoms with E-state index >= 15 is 0 Å². The molecule has 0 saturated carbocycles. The predicted octanol–water partition coefficient (Wildman–Crippen LogP) is -0.127. The van der Waals surface area contributed by atoms with Gasteiger partial charge in [0.25, 0.3) is 9.05 Å². The zero-order valence-corrected chi connectivity index (χ0v) is 7.48. The SMILES string of the molecule is Bc1ccccc1S(=O)(=O)Cl. The normalized spacial score (nSPS) is 11.4. The van der Waals surface area contributed by atoms with Crippen LogP contribution in [0.5, 0.6) is 0 Å². The zero-order chi connectivity index (χ0) is 8.48. The first kappa shape index (κ1) is 8.62. The minimum Gasteiger partial charge on any atom is -0.207 e. The highest BCUT2D eigenvalue weighted by Crippen LogP contribution is 2.10. The van der Waals surface area contributed by atoms with Gasteiger partial charge in [-0.3, -0.25) is 0 Å². The van der Waals surface area contributed by atoms with E-state index in [2.05, 4.69) is 0 Å². The Morgan fingerprint density at radius 2 is 1.82 bits per heavy atom. The van der Waals surface area contributed by atoms with Crippen molar-refractivity contribution in [3.05, 3.63) is 24.3 Å². The number of halogens is 1. The van der Waals surface area contributed by atoms with Crippen molar-refractivity contribution in [2.24, 2.45) is 0 Å². The summed E-state index contributed by atoms with van der Waals surface area (Å²) in [4.78, 5) is 0.182. The fourth-order valence-electron chi connectivity index (χ4n) is 0.830. The van der Waals surface area contributed by atoms with Crippen LogP contribution in [0.1, 0.15) is 0 Å². The molecule has 0 fully saturated rings. The number of benzene rings is 1. The average Bonchev–Trinajstić information content (AvgIpc) is 1.86. The first-order valence-corrected chi connectivity index (χ1v) is 5.33. The number of hydrogen-bond acceptors (Lipinski definition) is 2. The summed E-state index contributed by atoms with van der Waals surface area (Å²) in [5.74, 6) is 0. The summed E-state index contributed by atoms with van der Waals surface area (Å²) in [6.07, 6.45) is 0. The van der Waals surface area contributed by atoms with Crippen LogP contribution < -0.4 is 5.46 Å². The van der Waals surface area contributed by atoms with Gasteiger partial charge in [-0.05, 0) is 6.07 Å². The molecule has 0 radical (unpaired) electrons. The summed E-state index contributed by atoms with van der Waals surface area (Å²) in [6.45, 7) is 0. The standard InChI is InChI=1S/C6H6BClO2S/c7-5-3-1-2-4-6(5)11(8,9)10/h1-4H,7H2. The Hall–Kier alpha value is -0.475. The maximum Gasteiger partial charge on any atom is 0.260 e. The van der Waals surface area contributed by atoms with E-state index in [1.165, 1.54) is 6.07 Å². The minimum atomic E-state index is -3.56. The Kier molecular flexibility index (Phi) is 2.25. The van der Waals surface area contributed by atoms with E-state index in [0.717, 1.165) is 0 Å². The molecule has 0 saturated heterocycles. The van der Waals surface area contributed by atoms with Crippen LogP contribution in [0.25, 0.3) is 0 Å². The van der Waals surface area contributed by atoms with Crippen molar-refractivity contribution >= 4 is 33.0 Å². The second-order valence-electron chi connectivity index (χ2n) is 2.20. The molecule has 1 aromatic rings. The molecule has 0 aliphatic rings. The lowest BCUT2D eigenvalue weighted by Crippen LogP contribution is -2.11. The Labute approximate surface area is 71.0 Å². The van der Waals surface area contributed by atoms with Gasteiger partial charge in [0.15, 0.2) is 0 Å². The van der Waals surface area contributed by atoms with E-state index in [9.17, 15) is 8.42 Å². The predicted molar refractivity (Wildman–Crippen MR) is 47.7 cm³/mol. The lowest BCUT2D eigenvalue weighted by Gasteiger charge is -1.98. The van der Waals surface area contributed by atoms with Crippen molar-refractivity contribution < 1.29 is 8.42 Å². The largest absolute Gasteiger partial charge is 0.260 e. The molecule has 0 heterocycles. The maximum absolute atomic E-state index is 10.8. The summed E-state index contributed by atoms with van der Waals surface area (Å²) >= 11 is 0. The van der Waals surface area contributed by atoms with E-state index in [-0.39, 0.29) is 4.90 Å². The highest BCUT2D eigenvalue weighted by atomic mass is 35.7. The van der Waals surface area contributed by atoms with E-state index < -0.39 is 9.05 Å². The molecule has 0 aliphatic heterocycles. The summed E-state index contributed by atoms with van der Waals surface area (Å²) in [5, 5.41) is 0. The molecule has 0 bridgehead atoms. The van der Waals surface area contributed by atoms with Gasteiger partial charge in [-0.1, -0.05) is 23.7 Å². The van der Waals surface area contributed by atoms with Gasteiger partial charge in [0.2, 0.25) is 0 Å². The van der Waals surface area contributed by atoms with Gasteiger partial charge in [-0.2, -0.15) is 0 Å². The first-order chi connectivity index (χ1) is 5.02. The van der Waals surface area contributed by atoms with Gasteiger partial charge in [0.1, 0.15) is 7.85 Å². The lowest BCUT2D eigenvalue weighted by molar-refractivity contribution is 0.610. The molecular weight excluding hydrogens is 182 g/mol. The van der Waals surface area contributed by atoms with E-state index in [1.807, 2.05) is 0 Å². The third kappa shape index (κ3) is 1.98. The fourth-order valence-corrected chi connectivity index (χ4v) is 2.04. The van der Waals surface area contributed by atoms with E-state index in [4.69, 9.17) is 10.7 Å². The third-order valence-electron chi connectivity index (χ3n) is 1.36. The number of rotatable bonds is 1.